The van der Waals surface area contributed by atoms with Crippen LogP contribution in [0.15, 0.2) is 24.3 Å². The second-order valence-electron chi connectivity index (χ2n) is 5.03. The van der Waals surface area contributed by atoms with Crippen LogP contribution in [0, 0.1) is 6.92 Å². The molecule has 0 saturated carbocycles. The highest BCUT2D eigenvalue weighted by atomic mass is 32.1. The molecule has 0 bridgehead atoms. The molecule has 23 heavy (non-hydrogen) atoms. The Balaban J connectivity index is 2.13. The lowest BCUT2D eigenvalue weighted by molar-refractivity contribution is -0.131. The number of methoxy groups -OCH3 is 1. The first-order valence-electron chi connectivity index (χ1n) is 6.91. The second kappa shape index (κ2) is 7.23. The number of carbonyl (C=O) groups excluding carboxylic acids is 2. The molecular formula is C16H18N2O4S. The lowest BCUT2D eigenvalue weighted by Gasteiger charge is -2.09. The molecule has 7 heteroatoms. The summed E-state index contributed by atoms with van der Waals surface area (Å²) in [5.74, 6) is -0.0466. The first-order valence-corrected chi connectivity index (χ1v) is 7.73. The third kappa shape index (κ3) is 4.07. The van der Waals surface area contributed by atoms with Crippen molar-refractivity contribution >= 4 is 23.2 Å². The number of nitrogens with zero attached hydrogens (tertiary/aromatic N) is 2. The first-order chi connectivity index (χ1) is 10.9. The maximum atomic E-state index is 12.1. The van der Waals surface area contributed by atoms with E-state index in [9.17, 15) is 9.59 Å². The highest BCUT2D eigenvalue weighted by molar-refractivity contribution is 7.17. The van der Waals surface area contributed by atoms with Gasteiger partial charge in [-0.1, -0.05) is 0 Å². The number of likely N-dealkylation sites (N-methyl/N-ethyl adjacent to an activating group) is 1. The number of aryl methyl sites for hydroxylation is 1. The maximum Gasteiger partial charge on any atom is 0.350 e. The summed E-state index contributed by atoms with van der Waals surface area (Å²) in [5.41, 5.74) is 1.48. The molecule has 1 amide bonds. The Hall–Kier alpha value is -2.41. The fourth-order valence-electron chi connectivity index (χ4n) is 1.76. The van der Waals surface area contributed by atoms with Crippen molar-refractivity contribution in [3.63, 3.8) is 0 Å². The van der Waals surface area contributed by atoms with Gasteiger partial charge >= 0.3 is 5.97 Å². The van der Waals surface area contributed by atoms with Gasteiger partial charge in [0, 0.05) is 19.7 Å². The van der Waals surface area contributed by atoms with Crippen molar-refractivity contribution in [1.82, 2.24) is 9.88 Å². The van der Waals surface area contributed by atoms with Crippen molar-refractivity contribution in [2.24, 2.45) is 0 Å². The SMILES string of the molecule is COc1ccc(-c2nc(C)c(C(=O)OCC(=O)N(C)C)s2)cc1. The maximum absolute atomic E-state index is 12.1. The standard InChI is InChI=1S/C16H18N2O4S/c1-10-14(16(20)22-9-13(19)18(2)3)23-15(17-10)11-5-7-12(21-4)8-6-11/h5-8H,9H2,1-4H3. The molecule has 0 aliphatic rings. The Labute approximate surface area is 138 Å². The van der Waals surface area contributed by atoms with Crippen LogP contribution in [0.1, 0.15) is 15.4 Å². The van der Waals surface area contributed by atoms with Crippen LogP contribution in [0.25, 0.3) is 10.6 Å². The fraction of sp³-hybridized carbons (Fsp3) is 0.312. The van der Waals surface area contributed by atoms with Crippen LogP contribution in [0.4, 0.5) is 0 Å². The summed E-state index contributed by atoms with van der Waals surface area (Å²) in [6, 6.07) is 7.42. The van der Waals surface area contributed by atoms with Gasteiger partial charge in [0.05, 0.1) is 12.8 Å². The van der Waals surface area contributed by atoms with Gasteiger partial charge in [-0.25, -0.2) is 9.78 Å². The molecule has 2 rings (SSSR count). The van der Waals surface area contributed by atoms with Crippen LogP contribution >= 0.6 is 11.3 Å². The van der Waals surface area contributed by atoms with Crippen molar-refractivity contribution in [3.05, 3.63) is 34.8 Å². The zero-order chi connectivity index (χ0) is 17.0. The van der Waals surface area contributed by atoms with Gasteiger partial charge in [0.1, 0.15) is 15.6 Å². The number of carbonyl (C=O) groups is 2. The molecule has 0 radical (unpaired) electrons. The number of benzene rings is 1. The van der Waals surface area contributed by atoms with Crippen LogP contribution < -0.4 is 4.74 Å². The monoisotopic (exact) mass is 334 g/mol. The molecular weight excluding hydrogens is 316 g/mol. The van der Waals surface area contributed by atoms with Gasteiger partial charge in [-0.05, 0) is 31.2 Å². The molecule has 0 spiro atoms. The molecule has 0 unspecified atom stereocenters. The summed E-state index contributed by atoms with van der Waals surface area (Å²) in [6.45, 7) is 1.47. The number of ether oxygens (including phenoxy) is 2. The van der Waals surface area contributed by atoms with Gasteiger partial charge in [0.25, 0.3) is 5.91 Å². The van der Waals surface area contributed by atoms with Gasteiger partial charge in [0.2, 0.25) is 0 Å². The van der Waals surface area contributed by atoms with E-state index < -0.39 is 5.97 Å². The van der Waals surface area contributed by atoms with Gasteiger partial charge in [-0.3, -0.25) is 4.79 Å². The van der Waals surface area contributed by atoms with Crippen molar-refractivity contribution in [2.75, 3.05) is 27.8 Å². The summed E-state index contributed by atoms with van der Waals surface area (Å²) >= 11 is 1.24. The molecule has 6 nitrogen and oxygen atoms in total. The third-order valence-electron chi connectivity index (χ3n) is 3.14. The zero-order valence-electron chi connectivity index (χ0n) is 13.5. The first kappa shape index (κ1) is 17.0. The second-order valence-corrected chi connectivity index (χ2v) is 6.03. The van der Waals surface area contributed by atoms with E-state index in [2.05, 4.69) is 4.98 Å². The Morgan fingerprint density at radius 2 is 1.87 bits per heavy atom. The fourth-order valence-corrected chi connectivity index (χ4v) is 2.73. The minimum atomic E-state index is -0.532. The Bertz CT molecular complexity index is 707. The van der Waals surface area contributed by atoms with E-state index in [0.717, 1.165) is 16.3 Å². The van der Waals surface area contributed by atoms with Crippen molar-refractivity contribution in [2.45, 2.75) is 6.92 Å². The van der Waals surface area contributed by atoms with Gasteiger partial charge in [-0.2, -0.15) is 0 Å². The summed E-state index contributed by atoms with van der Waals surface area (Å²) in [6.07, 6.45) is 0. The summed E-state index contributed by atoms with van der Waals surface area (Å²) < 4.78 is 10.2. The van der Waals surface area contributed by atoms with Crippen LogP contribution in [0.3, 0.4) is 0 Å². The molecule has 0 saturated heterocycles. The van der Waals surface area contributed by atoms with E-state index in [1.54, 1.807) is 28.1 Å². The van der Waals surface area contributed by atoms with Crippen molar-refractivity contribution in [3.8, 4) is 16.3 Å². The van der Waals surface area contributed by atoms with Gasteiger partial charge in [-0.15, -0.1) is 11.3 Å². The van der Waals surface area contributed by atoms with Crippen LogP contribution in [-0.4, -0.2) is 49.6 Å². The van der Waals surface area contributed by atoms with Crippen molar-refractivity contribution < 1.29 is 19.1 Å². The van der Waals surface area contributed by atoms with Crippen molar-refractivity contribution in [1.29, 1.82) is 0 Å². The molecule has 1 aromatic heterocycles. The lowest BCUT2D eigenvalue weighted by atomic mass is 10.2. The molecule has 1 heterocycles. The van der Waals surface area contributed by atoms with E-state index in [1.165, 1.54) is 16.2 Å². The normalized spacial score (nSPS) is 10.3. The zero-order valence-corrected chi connectivity index (χ0v) is 14.3. The highest BCUT2D eigenvalue weighted by Crippen LogP contribution is 2.29. The molecule has 0 N–H and O–H groups in total. The number of thiazole rings is 1. The molecule has 0 fully saturated rings. The number of amides is 1. The third-order valence-corrected chi connectivity index (χ3v) is 4.33. The molecule has 2 aromatic rings. The molecule has 0 aliphatic carbocycles. The summed E-state index contributed by atoms with van der Waals surface area (Å²) in [7, 11) is 4.82. The minimum Gasteiger partial charge on any atom is -0.497 e. The van der Waals surface area contributed by atoms with E-state index >= 15 is 0 Å². The summed E-state index contributed by atoms with van der Waals surface area (Å²) in [5, 5.41) is 0.719. The number of esters is 1. The van der Waals surface area contributed by atoms with E-state index in [4.69, 9.17) is 9.47 Å². The number of rotatable bonds is 5. The quantitative estimate of drug-likeness (QED) is 0.785. The largest absolute Gasteiger partial charge is 0.497 e. The lowest BCUT2D eigenvalue weighted by Crippen LogP contribution is -2.27. The smallest absolute Gasteiger partial charge is 0.350 e. The average Bonchev–Trinajstić information content (AvgIpc) is 2.94. The van der Waals surface area contributed by atoms with Crippen LogP contribution in [0.2, 0.25) is 0 Å². The Morgan fingerprint density at radius 1 is 1.22 bits per heavy atom. The molecule has 0 aliphatic heterocycles. The van der Waals surface area contributed by atoms with E-state index in [1.807, 2.05) is 24.3 Å². The predicted molar refractivity (Wildman–Crippen MR) is 87.8 cm³/mol. The number of aromatic nitrogens is 1. The van der Waals surface area contributed by atoms with Gasteiger partial charge in [0.15, 0.2) is 6.61 Å². The van der Waals surface area contributed by atoms with E-state index in [-0.39, 0.29) is 12.5 Å². The van der Waals surface area contributed by atoms with Gasteiger partial charge < -0.3 is 14.4 Å². The van der Waals surface area contributed by atoms with E-state index in [0.29, 0.717) is 10.6 Å². The minimum absolute atomic E-state index is 0.268. The predicted octanol–water partition coefficient (Wildman–Crippen LogP) is 2.37. The Morgan fingerprint density at radius 3 is 2.43 bits per heavy atom. The average molecular weight is 334 g/mol. The number of hydrogen-bond acceptors (Lipinski definition) is 6. The summed E-state index contributed by atoms with van der Waals surface area (Å²) in [4.78, 5) is 29.7. The number of hydrogen-bond donors (Lipinski definition) is 0. The topological polar surface area (TPSA) is 68.7 Å². The highest BCUT2D eigenvalue weighted by Gasteiger charge is 2.19. The molecule has 122 valence electrons. The molecule has 0 atom stereocenters. The Kier molecular flexibility index (Phi) is 5.33. The van der Waals surface area contributed by atoms with Crippen LogP contribution in [0.5, 0.6) is 5.75 Å². The molecule has 1 aromatic carbocycles. The van der Waals surface area contributed by atoms with Crippen LogP contribution in [-0.2, 0) is 9.53 Å².